The van der Waals surface area contributed by atoms with Gasteiger partial charge in [-0.2, -0.15) is 0 Å². The van der Waals surface area contributed by atoms with Crippen LogP contribution in [0.2, 0.25) is 0 Å². The first-order chi connectivity index (χ1) is 7.13. The third-order valence-electron chi connectivity index (χ3n) is 2.08. The second-order valence-electron chi connectivity index (χ2n) is 3.36. The summed E-state index contributed by atoms with van der Waals surface area (Å²) in [5, 5.41) is 11.8. The molecule has 1 aromatic heterocycles. The average molecular weight is 212 g/mol. The number of carboxylic acid groups (broad SMARTS) is 1. The molecule has 1 rings (SSSR count). The molecule has 4 N–H and O–H groups in total. The zero-order chi connectivity index (χ0) is 11.3. The lowest BCUT2D eigenvalue weighted by atomic mass is 10.1. The van der Waals surface area contributed by atoms with E-state index in [4.69, 9.17) is 15.3 Å². The SMILES string of the molecule is CCCC(NCc1ccc(N)o1)C(=O)O. The van der Waals surface area contributed by atoms with Crippen LogP contribution in [-0.2, 0) is 11.3 Å². The Morgan fingerprint density at radius 1 is 1.67 bits per heavy atom. The van der Waals surface area contributed by atoms with Crippen LogP contribution >= 0.6 is 0 Å². The largest absolute Gasteiger partial charge is 0.480 e. The van der Waals surface area contributed by atoms with Gasteiger partial charge in [0, 0.05) is 6.07 Å². The Labute approximate surface area is 88.3 Å². The van der Waals surface area contributed by atoms with E-state index in [2.05, 4.69) is 5.32 Å². The predicted octanol–water partition coefficient (Wildman–Crippen LogP) is 1.20. The lowest BCUT2D eigenvalue weighted by Crippen LogP contribution is -2.35. The van der Waals surface area contributed by atoms with E-state index in [9.17, 15) is 4.79 Å². The molecule has 0 aliphatic heterocycles. The molecule has 1 heterocycles. The molecule has 0 spiro atoms. The van der Waals surface area contributed by atoms with Crippen LogP contribution in [0.15, 0.2) is 16.5 Å². The van der Waals surface area contributed by atoms with E-state index in [0.717, 1.165) is 6.42 Å². The van der Waals surface area contributed by atoms with Gasteiger partial charge in [-0.05, 0) is 12.5 Å². The van der Waals surface area contributed by atoms with E-state index in [0.29, 0.717) is 24.6 Å². The van der Waals surface area contributed by atoms with Gasteiger partial charge < -0.3 is 15.3 Å². The molecule has 0 amide bonds. The molecule has 0 radical (unpaired) electrons. The predicted molar refractivity (Wildman–Crippen MR) is 56.3 cm³/mol. The first kappa shape index (κ1) is 11.6. The fourth-order valence-corrected chi connectivity index (χ4v) is 1.31. The van der Waals surface area contributed by atoms with Crippen LogP contribution in [-0.4, -0.2) is 17.1 Å². The van der Waals surface area contributed by atoms with E-state index in [1.807, 2.05) is 6.92 Å². The van der Waals surface area contributed by atoms with Gasteiger partial charge in [0.1, 0.15) is 11.8 Å². The van der Waals surface area contributed by atoms with Crippen molar-refractivity contribution in [1.82, 2.24) is 5.32 Å². The van der Waals surface area contributed by atoms with Crippen molar-refractivity contribution in [3.05, 3.63) is 17.9 Å². The summed E-state index contributed by atoms with van der Waals surface area (Å²) in [5.74, 6) is 0.153. The quantitative estimate of drug-likeness (QED) is 0.659. The Balaban J connectivity index is 2.43. The summed E-state index contributed by atoms with van der Waals surface area (Å²) in [7, 11) is 0. The number of hydrogen-bond donors (Lipinski definition) is 3. The van der Waals surface area contributed by atoms with Gasteiger partial charge in [-0.25, -0.2) is 0 Å². The smallest absolute Gasteiger partial charge is 0.320 e. The first-order valence-electron chi connectivity index (χ1n) is 4.94. The van der Waals surface area contributed by atoms with E-state index < -0.39 is 12.0 Å². The number of furan rings is 1. The fourth-order valence-electron chi connectivity index (χ4n) is 1.31. The molecule has 84 valence electrons. The highest BCUT2D eigenvalue weighted by Crippen LogP contribution is 2.09. The Hall–Kier alpha value is -1.49. The molecule has 0 saturated heterocycles. The highest BCUT2D eigenvalue weighted by molar-refractivity contribution is 5.73. The van der Waals surface area contributed by atoms with Crippen molar-refractivity contribution >= 4 is 11.9 Å². The highest BCUT2D eigenvalue weighted by atomic mass is 16.4. The summed E-state index contributed by atoms with van der Waals surface area (Å²) in [4.78, 5) is 10.8. The summed E-state index contributed by atoms with van der Waals surface area (Å²) < 4.78 is 5.11. The van der Waals surface area contributed by atoms with Crippen molar-refractivity contribution in [2.45, 2.75) is 32.4 Å². The first-order valence-corrected chi connectivity index (χ1v) is 4.94. The molecule has 0 saturated carbocycles. The van der Waals surface area contributed by atoms with Crippen molar-refractivity contribution < 1.29 is 14.3 Å². The van der Waals surface area contributed by atoms with Gasteiger partial charge >= 0.3 is 5.97 Å². The zero-order valence-electron chi connectivity index (χ0n) is 8.69. The number of nitrogen functional groups attached to an aromatic ring is 1. The Morgan fingerprint density at radius 3 is 2.87 bits per heavy atom. The number of rotatable bonds is 6. The van der Waals surface area contributed by atoms with Gasteiger partial charge in [0.05, 0.1) is 6.54 Å². The van der Waals surface area contributed by atoms with Gasteiger partial charge in [0.15, 0.2) is 5.88 Å². The van der Waals surface area contributed by atoms with Gasteiger partial charge in [-0.3, -0.25) is 10.1 Å². The van der Waals surface area contributed by atoms with Crippen LogP contribution < -0.4 is 11.1 Å². The van der Waals surface area contributed by atoms with E-state index in [1.54, 1.807) is 12.1 Å². The minimum atomic E-state index is -0.837. The van der Waals surface area contributed by atoms with E-state index >= 15 is 0 Å². The summed E-state index contributed by atoms with van der Waals surface area (Å²) in [6.45, 7) is 2.33. The minimum Gasteiger partial charge on any atom is -0.480 e. The maximum Gasteiger partial charge on any atom is 0.320 e. The molecule has 0 aliphatic rings. The fraction of sp³-hybridized carbons (Fsp3) is 0.500. The topological polar surface area (TPSA) is 88.5 Å². The standard InChI is InChI=1S/C10H16N2O3/c1-2-3-8(10(13)14)12-6-7-4-5-9(11)15-7/h4-5,8,12H,2-3,6,11H2,1H3,(H,13,14). The lowest BCUT2D eigenvalue weighted by Gasteiger charge is -2.11. The van der Waals surface area contributed by atoms with Crippen LogP contribution in [0.25, 0.3) is 0 Å². The Bertz CT molecular complexity index is 322. The number of nitrogens with two attached hydrogens (primary N) is 1. The van der Waals surface area contributed by atoms with E-state index in [-0.39, 0.29) is 0 Å². The maximum absolute atomic E-state index is 10.8. The van der Waals surface area contributed by atoms with Crippen molar-refractivity contribution in [3.63, 3.8) is 0 Å². The Kier molecular flexibility index (Phi) is 4.17. The molecule has 0 bridgehead atoms. The maximum atomic E-state index is 10.8. The van der Waals surface area contributed by atoms with Gasteiger partial charge in [-0.15, -0.1) is 0 Å². The number of carbonyl (C=O) groups is 1. The van der Waals surface area contributed by atoms with Crippen LogP contribution in [0, 0.1) is 0 Å². The number of anilines is 1. The number of hydrogen-bond acceptors (Lipinski definition) is 4. The van der Waals surface area contributed by atoms with Gasteiger partial charge in [0.2, 0.25) is 0 Å². The molecular weight excluding hydrogens is 196 g/mol. The summed E-state index contributed by atoms with van der Waals surface area (Å²) >= 11 is 0. The van der Waals surface area contributed by atoms with Crippen molar-refractivity contribution in [1.29, 1.82) is 0 Å². The van der Waals surface area contributed by atoms with Crippen LogP contribution in [0.3, 0.4) is 0 Å². The summed E-state index contributed by atoms with van der Waals surface area (Å²) in [6, 6.07) is 2.85. The molecule has 0 aliphatic carbocycles. The van der Waals surface area contributed by atoms with Crippen molar-refractivity contribution in [2.75, 3.05) is 5.73 Å². The third kappa shape index (κ3) is 3.63. The van der Waals surface area contributed by atoms with Crippen LogP contribution in [0.1, 0.15) is 25.5 Å². The molecule has 0 fully saturated rings. The Morgan fingerprint density at radius 2 is 2.40 bits per heavy atom. The molecule has 1 aromatic rings. The van der Waals surface area contributed by atoms with Crippen LogP contribution in [0.4, 0.5) is 5.88 Å². The molecule has 1 unspecified atom stereocenters. The average Bonchev–Trinajstić information content (AvgIpc) is 2.58. The number of aliphatic carboxylic acids is 1. The number of nitrogens with one attached hydrogen (secondary N) is 1. The lowest BCUT2D eigenvalue weighted by molar-refractivity contribution is -0.139. The van der Waals surface area contributed by atoms with Gasteiger partial charge in [0.25, 0.3) is 0 Å². The molecule has 15 heavy (non-hydrogen) atoms. The highest BCUT2D eigenvalue weighted by Gasteiger charge is 2.15. The summed E-state index contributed by atoms with van der Waals surface area (Å²) in [5.41, 5.74) is 5.39. The normalized spacial score (nSPS) is 12.6. The molecule has 0 aromatic carbocycles. The molecule has 1 atom stereocenters. The van der Waals surface area contributed by atoms with E-state index in [1.165, 1.54) is 0 Å². The zero-order valence-corrected chi connectivity index (χ0v) is 8.69. The second kappa shape index (κ2) is 5.41. The van der Waals surface area contributed by atoms with Gasteiger partial charge in [-0.1, -0.05) is 13.3 Å². The molecular formula is C10H16N2O3. The monoisotopic (exact) mass is 212 g/mol. The third-order valence-corrected chi connectivity index (χ3v) is 2.08. The second-order valence-corrected chi connectivity index (χ2v) is 3.36. The van der Waals surface area contributed by atoms with Crippen molar-refractivity contribution in [3.8, 4) is 0 Å². The van der Waals surface area contributed by atoms with Crippen molar-refractivity contribution in [2.24, 2.45) is 0 Å². The van der Waals surface area contributed by atoms with Crippen LogP contribution in [0.5, 0.6) is 0 Å². The molecule has 5 nitrogen and oxygen atoms in total. The minimum absolute atomic E-state index is 0.342. The number of carboxylic acids is 1. The summed E-state index contributed by atoms with van der Waals surface area (Å²) in [6.07, 6.45) is 1.43. The molecule has 5 heteroatoms.